The van der Waals surface area contributed by atoms with E-state index >= 15 is 0 Å². The van der Waals surface area contributed by atoms with E-state index < -0.39 is 6.10 Å². The van der Waals surface area contributed by atoms with Crippen molar-refractivity contribution >= 4 is 17.9 Å². The van der Waals surface area contributed by atoms with Crippen LogP contribution in [0, 0.1) is 0 Å². The van der Waals surface area contributed by atoms with Crippen LogP contribution in [-0.2, 0) is 28.6 Å². The summed E-state index contributed by atoms with van der Waals surface area (Å²) in [5.41, 5.74) is 0. The minimum atomic E-state index is -0.787. The maximum Gasteiger partial charge on any atom is 0.306 e. The zero-order valence-corrected chi connectivity index (χ0v) is 55.5. The molecule has 0 aliphatic carbocycles. The lowest BCUT2D eigenvalue weighted by molar-refractivity contribution is -0.167. The summed E-state index contributed by atoms with van der Waals surface area (Å²) in [6.07, 6.45) is 93.7. The van der Waals surface area contributed by atoms with Gasteiger partial charge < -0.3 is 14.2 Å². The molecule has 0 aromatic heterocycles. The van der Waals surface area contributed by atoms with Crippen molar-refractivity contribution in [2.24, 2.45) is 0 Å². The van der Waals surface area contributed by atoms with Crippen molar-refractivity contribution in [2.75, 3.05) is 13.2 Å². The molecule has 0 amide bonds. The Hall–Kier alpha value is -3.15. The third-order valence-corrected chi connectivity index (χ3v) is 16.2. The minimum Gasteiger partial charge on any atom is -0.462 e. The van der Waals surface area contributed by atoms with Gasteiger partial charge in [-0.2, -0.15) is 0 Å². The van der Waals surface area contributed by atoms with Gasteiger partial charge in [0.2, 0.25) is 0 Å². The number of carbonyl (C=O) groups is 3. The largest absolute Gasteiger partial charge is 0.462 e. The molecule has 6 nitrogen and oxygen atoms in total. The number of ether oxygens (including phenoxy) is 3. The third kappa shape index (κ3) is 69.5. The van der Waals surface area contributed by atoms with Gasteiger partial charge in [0.25, 0.3) is 0 Å². The van der Waals surface area contributed by atoms with Gasteiger partial charge in [0.05, 0.1) is 0 Å². The summed E-state index contributed by atoms with van der Waals surface area (Å²) in [5, 5.41) is 0. The van der Waals surface area contributed by atoms with Crippen molar-refractivity contribution in [1.29, 1.82) is 0 Å². The molecule has 0 spiro atoms. The van der Waals surface area contributed by atoms with Crippen LogP contribution >= 0.6 is 0 Å². The van der Waals surface area contributed by atoms with E-state index in [0.717, 1.165) is 109 Å². The highest BCUT2D eigenvalue weighted by Gasteiger charge is 2.19. The maximum absolute atomic E-state index is 13.0. The molecule has 0 fully saturated rings. The summed E-state index contributed by atoms with van der Waals surface area (Å²) in [6, 6.07) is 0. The molecule has 0 rings (SSSR count). The van der Waals surface area contributed by atoms with E-state index in [2.05, 4.69) is 93.7 Å². The highest BCUT2D eigenvalue weighted by atomic mass is 16.6. The van der Waals surface area contributed by atoms with Gasteiger partial charge in [0, 0.05) is 19.3 Å². The second kappa shape index (κ2) is 71.3. The molecule has 0 radical (unpaired) electrons. The predicted molar refractivity (Wildman–Crippen MR) is 362 cm³/mol. The van der Waals surface area contributed by atoms with Crippen LogP contribution in [0.5, 0.6) is 0 Å². The Labute approximate surface area is 516 Å². The van der Waals surface area contributed by atoms with Crippen LogP contribution in [0.1, 0.15) is 380 Å². The Kier molecular flexibility index (Phi) is 68.6. The first kappa shape index (κ1) is 79.8. The molecule has 0 aromatic carbocycles. The Morgan fingerprint density at radius 3 is 0.747 bits per heavy atom. The first-order valence-electron chi connectivity index (χ1n) is 36.4. The number of hydrogen-bond acceptors (Lipinski definition) is 6. The van der Waals surface area contributed by atoms with E-state index in [0.29, 0.717) is 19.3 Å². The molecule has 482 valence electrons. The summed E-state index contributed by atoms with van der Waals surface area (Å²) in [4.78, 5) is 38.5. The first-order chi connectivity index (χ1) is 41.0. The number of allylic oxidation sites excluding steroid dienone is 12. The number of rotatable bonds is 67. The highest BCUT2D eigenvalue weighted by molar-refractivity contribution is 5.71. The van der Waals surface area contributed by atoms with Crippen LogP contribution in [0.4, 0.5) is 0 Å². The fourth-order valence-corrected chi connectivity index (χ4v) is 10.8. The number of hydrogen-bond donors (Lipinski definition) is 0. The Morgan fingerprint density at radius 1 is 0.253 bits per heavy atom. The number of unbranched alkanes of at least 4 members (excludes halogenated alkanes) is 44. The topological polar surface area (TPSA) is 78.9 Å². The first-order valence-corrected chi connectivity index (χ1v) is 36.4. The van der Waals surface area contributed by atoms with Gasteiger partial charge in [0.1, 0.15) is 13.2 Å². The average Bonchev–Trinajstić information content (AvgIpc) is 3.50. The van der Waals surface area contributed by atoms with E-state index in [1.807, 2.05) is 0 Å². The predicted octanol–water partition coefficient (Wildman–Crippen LogP) is 25.2. The Bertz CT molecular complexity index is 1520. The zero-order chi connectivity index (χ0) is 59.9. The van der Waals surface area contributed by atoms with Crippen molar-refractivity contribution in [3.63, 3.8) is 0 Å². The lowest BCUT2D eigenvalue weighted by atomic mass is 10.0. The summed E-state index contributed by atoms with van der Waals surface area (Å²) < 4.78 is 17.0. The molecule has 0 heterocycles. The molecule has 0 aliphatic rings. The highest BCUT2D eigenvalue weighted by Crippen LogP contribution is 2.18. The molecular weight excluding hydrogens is 1020 g/mol. The van der Waals surface area contributed by atoms with Crippen molar-refractivity contribution in [3.8, 4) is 0 Å². The second-order valence-electron chi connectivity index (χ2n) is 24.5. The molecule has 6 heteroatoms. The molecule has 0 saturated carbocycles. The lowest BCUT2D eigenvalue weighted by Crippen LogP contribution is -2.30. The van der Waals surface area contributed by atoms with Crippen LogP contribution in [0.3, 0.4) is 0 Å². The van der Waals surface area contributed by atoms with E-state index in [-0.39, 0.29) is 31.1 Å². The standard InChI is InChI=1S/C77H138O6/c1-4-7-10-13-16-19-22-25-28-31-33-35-36-37-38-39-40-41-43-44-46-49-52-55-58-61-64-67-70-76(79)82-73-74(72-81-75(78)69-66-63-60-57-54-51-48-30-27-24-21-18-15-12-9-6-3)83-77(80)71-68-65-62-59-56-53-50-47-45-42-34-32-29-26-23-20-17-14-11-8-5-2/h8,11,17,20-21,24,26,29-30,34,42,48,74H,4-7,9-10,12-16,18-19,22-23,25,27-28,31-33,35-41,43-47,49-73H2,1-3H3/b11-8-,20-17-,24-21-,29-26-,42-34-,48-30-. The minimum absolute atomic E-state index is 0.0799. The quantitative estimate of drug-likeness (QED) is 0.0261. The van der Waals surface area contributed by atoms with Crippen LogP contribution in [-0.4, -0.2) is 37.2 Å². The molecular formula is C77H138O6. The monoisotopic (exact) mass is 1160 g/mol. The molecule has 0 aromatic rings. The summed E-state index contributed by atoms with van der Waals surface area (Å²) in [7, 11) is 0. The van der Waals surface area contributed by atoms with E-state index in [1.54, 1.807) is 0 Å². The summed E-state index contributed by atoms with van der Waals surface area (Å²) in [6.45, 7) is 6.55. The van der Waals surface area contributed by atoms with Crippen LogP contribution in [0.15, 0.2) is 72.9 Å². The number of carbonyl (C=O) groups excluding carboxylic acids is 3. The average molecular weight is 1160 g/mol. The summed E-state index contributed by atoms with van der Waals surface area (Å²) in [5.74, 6) is -0.880. The molecule has 83 heavy (non-hydrogen) atoms. The zero-order valence-electron chi connectivity index (χ0n) is 55.5. The third-order valence-electron chi connectivity index (χ3n) is 16.2. The lowest BCUT2D eigenvalue weighted by Gasteiger charge is -2.18. The maximum atomic E-state index is 13.0. The fraction of sp³-hybridized carbons (Fsp3) is 0.805. The SMILES string of the molecule is CC/C=C\C/C=C\C/C=C\C/C=C\CCCCCCCCCCC(=O)OC(COC(=O)CCCCCCC/C=C\C/C=C\CCCCCC)COC(=O)CCCCCCCCCCCCCCCCCCCCCCCCCCCCCC. The van der Waals surface area contributed by atoms with E-state index in [1.165, 1.54) is 231 Å². The van der Waals surface area contributed by atoms with Gasteiger partial charge in [-0.25, -0.2) is 0 Å². The summed E-state index contributed by atoms with van der Waals surface area (Å²) >= 11 is 0. The molecule has 0 saturated heterocycles. The van der Waals surface area contributed by atoms with Crippen LogP contribution in [0.2, 0.25) is 0 Å². The fourth-order valence-electron chi connectivity index (χ4n) is 10.8. The normalized spacial score (nSPS) is 12.5. The van der Waals surface area contributed by atoms with Crippen LogP contribution in [0.25, 0.3) is 0 Å². The van der Waals surface area contributed by atoms with Gasteiger partial charge in [-0.3, -0.25) is 14.4 Å². The van der Waals surface area contributed by atoms with E-state index in [9.17, 15) is 14.4 Å². The van der Waals surface area contributed by atoms with Gasteiger partial charge in [-0.15, -0.1) is 0 Å². The Morgan fingerprint density at radius 2 is 0.470 bits per heavy atom. The number of esters is 3. The molecule has 1 unspecified atom stereocenters. The van der Waals surface area contributed by atoms with Crippen molar-refractivity contribution in [1.82, 2.24) is 0 Å². The molecule has 1 atom stereocenters. The molecule has 0 N–H and O–H groups in total. The molecule has 0 aliphatic heterocycles. The van der Waals surface area contributed by atoms with Gasteiger partial charge in [-0.05, 0) is 89.9 Å². The van der Waals surface area contributed by atoms with E-state index in [4.69, 9.17) is 14.2 Å². The van der Waals surface area contributed by atoms with Crippen molar-refractivity contribution < 1.29 is 28.6 Å². The van der Waals surface area contributed by atoms with Gasteiger partial charge in [0.15, 0.2) is 6.10 Å². The Balaban J connectivity index is 4.28. The van der Waals surface area contributed by atoms with Gasteiger partial charge in [-0.1, -0.05) is 344 Å². The smallest absolute Gasteiger partial charge is 0.306 e. The van der Waals surface area contributed by atoms with Gasteiger partial charge >= 0.3 is 17.9 Å². The van der Waals surface area contributed by atoms with Crippen molar-refractivity contribution in [3.05, 3.63) is 72.9 Å². The van der Waals surface area contributed by atoms with Crippen molar-refractivity contribution in [2.45, 2.75) is 386 Å². The van der Waals surface area contributed by atoms with Crippen LogP contribution < -0.4 is 0 Å². The molecule has 0 bridgehead atoms. The second-order valence-corrected chi connectivity index (χ2v) is 24.5.